The van der Waals surface area contributed by atoms with Gasteiger partial charge in [0.2, 0.25) is 5.91 Å². The number of nitrogens with one attached hydrogen (secondary N) is 1. The van der Waals surface area contributed by atoms with E-state index in [2.05, 4.69) is 20.3 Å². The van der Waals surface area contributed by atoms with Crippen LogP contribution in [-0.4, -0.2) is 45.4 Å². The number of aromatic nitrogens is 3. The van der Waals surface area contributed by atoms with Gasteiger partial charge in [-0.05, 0) is 31.9 Å². The number of rotatable bonds is 5. The second kappa shape index (κ2) is 6.03. The van der Waals surface area contributed by atoms with Crippen LogP contribution in [0.25, 0.3) is 11.0 Å². The molecule has 2 aromatic heterocycles. The van der Waals surface area contributed by atoms with Crippen LogP contribution in [0.2, 0.25) is 0 Å². The van der Waals surface area contributed by atoms with Crippen molar-refractivity contribution in [1.29, 1.82) is 0 Å². The van der Waals surface area contributed by atoms with E-state index >= 15 is 0 Å². The van der Waals surface area contributed by atoms with Gasteiger partial charge in [-0.3, -0.25) is 4.79 Å². The van der Waals surface area contributed by atoms with E-state index in [1.54, 1.807) is 6.33 Å². The standard InChI is InChI=1S/C15H19N5O/c1-11-5-6-12-14(19-11)15(18-10-17-12)16-7-3-9-20-8-2-4-13(20)21/h5-6,10H,2-4,7-9H2,1H3,(H,16,17,18). The summed E-state index contributed by atoms with van der Waals surface area (Å²) in [5.74, 6) is 1.04. The Hall–Kier alpha value is -2.24. The highest BCUT2D eigenvalue weighted by Crippen LogP contribution is 2.17. The van der Waals surface area contributed by atoms with E-state index in [0.717, 1.165) is 55.0 Å². The van der Waals surface area contributed by atoms with Crippen molar-refractivity contribution in [2.75, 3.05) is 25.0 Å². The third-order valence-corrected chi connectivity index (χ3v) is 3.69. The molecule has 1 saturated heterocycles. The molecule has 1 fully saturated rings. The molecular formula is C15H19N5O. The number of likely N-dealkylation sites (tertiary alicyclic amines) is 1. The first kappa shape index (κ1) is 13.7. The molecule has 3 heterocycles. The van der Waals surface area contributed by atoms with E-state index < -0.39 is 0 Å². The van der Waals surface area contributed by atoms with Crippen LogP contribution in [0, 0.1) is 6.92 Å². The van der Waals surface area contributed by atoms with Crippen molar-refractivity contribution in [3.63, 3.8) is 0 Å². The molecule has 1 aliphatic heterocycles. The maximum atomic E-state index is 11.5. The SMILES string of the molecule is Cc1ccc2ncnc(NCCCN3CCCC3=O)c2n1. The van der Waals surface area contributed by atoms with E-state index in [0.29, 0.717) is 6.42 Å². The fraction of sp³-hybridized carbons (Fsp3) is 0.467. The molecule has 0 unspecified atom stereocenters. The zero-order valence-electron chi connectivity index (χ0n) is 12.2. The van der Waals surface area contributed by atoms with Crippen molar-refractivity contribution in [3.8, 4) is 0 Å². The molecule has 0 aliphatic carbocycles. The summed E-state index contributed by atoms with van der Waals surface area (Å²) in [7, 11) is 0. The number of pyridine rings is 1. The molecule has 3 rings (SSSR count). The molecule has 0 radical (unpaired) electrons. The van der Waals surface area contributed by atoms with Crippen molar-refractivity contribution in [3.05, 3.63) is 24.2 Å². The smallest absolute Gasteiger partial charge is 0.222 e. The van der Waals surface area contributed by atoms with Crippen LogP contribution < -0.4 is 5.32 Å². The lowest BCUT2D eigenvalue weighted by molar-refractivity contribution is -0.127. The largest absolute Gasteiger partial charge is 0.368 e. The molecule has 6 nitrogen and oxygen atoms in total. The minimum atomic E-state index is 0.278. The van der Waals surface area contributed by atoms with Gasteiger partial charge in [-0.1, -0.05) is 0 Å². The Morgan fingerprint density at radius 2 is 2.24 bits per heavy atom. The van der Waals surface area contributed by atoms with E-state index in [1.165, 1.54) is 0 Å². The fourth-order valence-electron chi connectivity index (χ4n) is 2.58. The quantitative estimate of drug-likeness (QED) is 0.848. The lowest BCUT2D eigenvalue weighted by atomic mass is 10.3. The van der Waals surface area contributed by atoms with Gasteiger partial charge in [0, 0.05) is 31.7 Å². The topological polar surface area (TPSA) is 71.0 Å². The van der Waals surface area contributed by atoms with Gasteiger partial charge in [0.25, 0.3) is 0 Å². The van der Waals surface area contributed by atoms with E-state index in [1.807, 2.05) is 24.0 Å². The van der Waals surface area contributed by atoms with Crippen LogP contribution in [0.5, 0.6) is 0 Å². The van der Waals surface area contributed by atoms with Gasteiger partial charge in [0.1, 0.15) is 11.8 Å². The summed E-state index contributed by atoms with van der Waals surface area (Å²) in [6.07, 6.45) is 4.15. The van der Waals surface area contributed by atoms with Gasteiger partial charge in [-0.2, -0.15) is 0 Å². The Labute approximate surface area is 123 Å². The first-order valence-electron chi connectivity index (χ1n) is 7.34. The average Bonchev–Trinajstić information content (AvgIpc) is 2.89. The van der Waals surface area contributed by atoms with Crippen LogP contribution in [0.15, 0.2) is 18.5 Å². The van der Waals surface area contributed by atoms with Gasteiger partial charge in [0.05, 0.1) is 5.52 Å². The second-order valence-corrected chi connectivity index (χ2v) is 5.31. The summed E-state index contributed by atoms with van der Waals surface area (Å²) >= 11 is 0. The lowest BCUT2D eigenvalue weighted by Crippen LogP contribution is -2.27. The number of carbonyl (C=O) groups is 1. The number of hydrogen-bond acceptors (Lipinski definition) is 5. The highest BCUT2D eigenvalue weighted by atomic mass is 16.2. The van der Waals surface area contributed by atoms with E-state index in [9.17, 15) is 4.79 Å². The molecule has 0 atom stereocenters. The van der Waals surface area contributed by atoms with Crippen LogP contribution >= 0.6 is 0 Å². The van der Waals surface area contributed by atoms with Crippen LogP contribution in [-0.2, 0) is 4.79 Å². The molecule has 0 saturated carbocycles. The highest BCUT2D eigenvalue weighted by Gasteiger charge is 2.18. The summed E-state index contributed by atoms with van der Waals surface area (Å²) in [5.41, 5.74) is 2.59. The molecule has 0 aromatic carbocycles. The zero-order chi connectivity index (χ0) is 14.7. The van der Waals surface area contributed by atoms with Crippen molar-refractivity contribution < 1.29 is 4.79 Å². The van der Waals surface area contributed by atoms with Gasteiger partial charge in [-0.15, -0.1) is 0 Å². The minimum absolute atomic E-state index is 0.278. The van der Waals surface area contributed by atoms with Crippen molar-refractivity contribution in [2.45, 2.75) is 26.2 Å². The summed E-state index contributed by atoms with van der Waals surface area (Å²) in [4.78, 5) is 26.4. The average molecular weight is 285 g/mol. The van der Waals surface area contributed by atoms with Crippen molar-refractivity contribution >= 4 is 22.8 Å². The number of fused-ring (bicyclic) bond motifs is 1. The Bertz CT molecular complexity index is 658. The summed E-state index contributed by atoms with van der Waals surface area (Å²) < 4.78 is 0. The van der Waals surface area contributed by atoms with E-state index in [-0.39, 0.29) is 5.91 Å². The predicted molar refractivity (Wildman–Crippen MR) is 81.0 cm³/mol. The maximum absolute atomic E-state index is 11.5. The molecule has 6 heteroatoms. The number of nitrogens with zero attached hydrogens (tertiary/aromatic N) is 4. The van der Waals surface area contributed by atoms with Crippen molar-refractivity contribution in [1.82, 2.24) is 19.9 Å². The van der Waals surface area contributed by atoms with Crippen LogP contribution in [0.3, 0.4) is 0 Å². The maximum Gasteiger partial charge on any atom is 0.222 e. The van der Waals surface area contributed by atoms with Crippen LogP contribution in [0.1, 0.15) is 25.0 Å². The number of carbonyl (C=O) groups excluding carboxylic acids is 1. The lowest BCUT2D eigenvalue weighted by Gasteiger charge is -2.15. The number of amides is 1. The van der Waals surface area contributed by atoms with Gasteiger partial charge < -0.3 is 10.2 Å². The third-order valence-electron chi connectivity index (χ3n) is 3.69. The Balaban J connectivity index is 1.60. The molecule has 2 aromatic rings. The fourth-order valence-corrected chi connectivity index (χ4v) is 2.58. The zero-order valence-corrected chi connectivity index (χ0v) is 12.2. The first-order chi connectivity index (χ1) is 10.2. The molecule has 0 bridgehead atoms. The van der Waals surface area contributed by atoms with Gasteiger partial charge in [-0.25, -0.2) is 15.0 Å². The molecule has 110 valence electrons. The number of aryl methyl sites for hydroxylation is 1. The molecular weight excluding hydrogens is 266 g/mol. The number of hydrogen-bond donors (Lipinski definition) is 1. The predicted octanol–water partition coefficient (Wildman–Crippen LogP) is 1.76. The first-order valence-corrected chi connectivity index (χ1v) is 7.34. The summed E-state index contributed by atoms with van der Waals surface area (Å²) in [5, 5.41) is 3.30. The second-order valence-electron chi connectivity index (χ2n) is 5.31. The molecule has 1 N–H and O–H groups in total. The monoisotopic (exact) mass is 285 g/mol. The third kappa shape index (κ3) is 3.09. The normalized spacial score (nSPS) is 14.9. The Morgan fingerprint density at radius 1 is 1.33 bits per heavy atom. The molecule has 1 amide bonds. The van der Waals surface area contributed by atoms with E-state index in [4.69, 9.17) is 0 Å². The van der Waals surface area contributed by atoms with Gasteiger partial charge >= 0.3 is 0 Å². The summed E-state index contributed by atoms with van der Waals surface area (Å²) in [6.45, 7) is 4.43. The van der Waals surface area contributed by atoms with Gasteiger partial charge in [0.15, 0.2) is 5.82 Å². The molecule has 21 heavy (non-hydrogen) atoms. The summed E-state index contributed by atoms with van der Waals surface area (Å²) in [6, 6.07) is 3.89. The molecule has 0 spiro atoms. The Kier molecular flexibility index (Phi) is 3.94. The Morgan fingerprint density at radius 3 is 3.05 bits per heavy atom. The van der Waals surface area contributed by atoms with Crippen LogP contribution in [0.4, 0.5) is 5.82 Å². The highest BCUT2D eigenvalue weighted by molar-refractivity contribution is 5.84. The van der Waals surface area contributed by atoms with Crippen molar-refractivity contribution in [2.24, 2.45) is 0 Å². The molecule has 1 aliphatic rings. The minimum Gasteiger partial charge on any atom is -0.368 e. The number of anilines is 1.